The van der Waals surface area contributed by atoms with E-state index < -0.39 is 0 Å². The Bertz CT molecular complexity index is 825. The minimum Gasteiger partial charge on any atom is -0.384 e. The number of nitrogens with zero attached hydrogens (tertiary/aromatic N) is 6. The molecule has 0 aliphatic heterocycles. The summed E-state index contributed by atoms with van der Waals surface area (Å²) in [5, 5.41) is 5.64. The summed E-state index contributed by atoms with van der Waals surface area (Å²) in [7, 11) is 6.10. The van der Waals surface area contributed by atoms with Gasteiger partial charge in [-0.15, -0.1) is 0 Å². The Morgan fingerprint density at radius 2 is 2.00 bits per heavy atom. The van der Waals surface area contributed by atoms with Crippen molar-refractivity contribution in [2.75, 3.05) is 38.3 Å². The minimum absolute atomic E-state index is 0.460. The van der Waals surface area contributed by atoms with Gasteiger partial charge in [0.2, 0.25) is 5.95 Å². The number of rotatable bonds is 6. The second kappa shape index (κ2) is 6.84. The average Bonchev–Trinajstić information content (AvgIpc) is 2.96. The third kappa shape index (κ3) is 3.46. The van der Waals surface area contributed by atoms with Crippen LogP contribution in [0.1, 0.15) is 6.42 Å². The van der Waals surface area contributed by atoms with Gasteiger partial charge in [0.1, 0.15) is 5.82 Å². The van der Waals surface area contributed by atoms with Crippen molar-refractivity contribution in [1.29, 1.82) is 0 Å². The molecule has 7 heteroatoms. The van der Waals surface area contributed by atoms with E-state index in [4.69, 9.17) is 5.73 Å². The van der Waals surface area contributed by atoms with Crippen LogP contribution < -0.4 is 10.6 Å². The lowest BCUT2D eigenvalue weighted by Gasteiger charge is -2.17. The summed E-state index contributed by atoms with van der Waals surface area (Å²) < 4.78 is 2.05. The number of aromatic nitrogens is 4. The predicted octanol–water partition coefficient (Wildman–Crippen LogP) is 2.13. The molecule has 7 nitrogen and oxygen atoms in total. The summed E-state index contributed by atoms with van der Waals surface area (Å²) in [6, 6.07) is 7.91. The smallest absolute Gasteiger partial charge is 0.231 e. The third-order valence-electron chi connectivity index (χ3n) is 3.96. The molecule has 0 unspecified atom stereocenters. The van der Waals surface area contributed by atoms with Crippen molar-refractivity contribution in [3.05, 3.63) is 36.7 Å². The van der Waals surface area contributed by atoms with E-state index in [0.717, 1.165) is 36.1 Å². The molecular weight excluding hydrogens is 302 g/mol. The van der Waals surface area contributed by atoms with Crippen LogP contribution in [0.2, 0.25) is 0 Å². The van der Waals surface area contributed by atoms with Gasteiger partial charge in [0, 0.05) is 30.9 Å². The summed E-state index contributed by atoms with van der Waals surface area (Å²) in [6.45, 7) is 1.93. The topological polar surface area (TPSA) is 76.1 Å². The molecule has 0 bridgehead atoms. The fourth-order valence-electron chi connectivity index (χ4n) is 2.62. The highest BCUT2D eigenvalue weighted by molar-refractivity contribution is 5.83. The summed E-state index contributed by atoms with van der Waals surface area (Å²) in [5.74, 6) is 1.04. The van der Waals surface area contributed by atoms with Crippen molar-refractivity contribution in [2.45, 2.75) is 13.0 Å². The number of fused-ring (bicyclic) bond motifs is 1. The van der Waals surface area contributed by atoms with Gasteiger partial charge in [0.25, 0.3) is 0 Å². The zero-order valence-corrected chi connectivity index (χ0v) is 14.3. The number of nitrogen functional groups attached to an aromatic ring is 1. The summed E-state index contributed by atoms with van der Waals surface area (Å²) in [5.41, 5.74) is 7.87. The lowest BCUT2D eigenvalue weighted by atomic mass is 10.2. The maximum Gasteiger partial charge on any atom is 0.231 e. The third-order valence-corrected chi connectivity index (χ3v) is 3.96. The number of hydrogen-bond acceptors (Lipinski definition) is 6. The van der Waals surface area contributed by atoms with E-state index in [1.807, 2.05) is 24.2 Å². The zero-order chi connectivity index (χ0) is 17.1. The molecule has 0 amide bonds. The van der Waals surface area contributed by atoms with Crippen molar-refractivity contribution < 1.29 is 0 Å². The first-order valence-corrected chi connectivity index (χ1v) is 7.97. The van der Waals surface area contributed by atoms with Crippen LogP contribution in [-0.4, -0.2) is 52.3 Å². The molecule has 2 heterocycles. The molecule has 0 spiro atoms. The molecule has 2 aromatic heterocycles. The highest BCUT2D eigenvalue weighted by Crippen LogP contribution is 2.25. The van der Waals surface area contributed by atoms with Crippen LogP contribution in [0, 0.1) is 0 Å². The second-order valence-corrected chi connectivity index (χ2v) is 6.11. The molecule has 1 aromatic carbocycles. The highest BCUT2D eigenvalue weighted by atomic mass is 15.3. The van der Waals surface area contributed by atoms with Gasteiger partial charge in [-0.3, -0.25) is 4.68 Å². The lowest BCUT2D eigenvalue weighted by molar-refractivity contribution is 0.382. The van der Waals surface area contributed by atoms with E-state index in [-0.39, 0.29) is 0 Å². The van der Waals surface area contributed by atoms with Crippen LogP contribution in [0.5, 0.6) is 0 Å². The van der Waals surface area contributed by atoms with Gasteiger partial charge in [-0.2, -0.15) is 10.1 Å². The van der Waals surface area contributed by atoms with Crippen molar-refractivity contribution in [2.24, 2.45) is 0 Å². The number of aryl methyl sites for hydroxylation is 1. The fourth-order valence-corrected chi connectivity index (χ4v) is 2.62. The van der Waals surface area contributed by atoms with Gasteiger partial charge < -0.3 is 15.5 Å². The zero-order valence-electron chi connectivity index (χ0n) is 14.3. The van der Waals surface area contributed by atoms with Crippen molar-refractivity contribution in [3.63, 3.8) is 0 Å². The minimum atomic E-state index is 0.460. The fraction of sp³-hybridized carbons (Fsp3) is 0.353. The van der Waals surface area contributed by atoms with Crippen LogP contribution >= 0.6 is 0 Å². The van der Waals surface area contributed by atoms with Gasteiger partial charge in [-0.05, 0) is 51.3 Å². The molecule has 3 aromatic rings. The monoisotopic (exact) mass is 325 g/mol. The highest BCUT2D eigenvalue weighted by Gasteiger charge is 2.10. The summed E-state index contributed by atoms with van der Waals surface area (Å²) in [4.78, 5) is 12.7. The average molecular weight is 325 g/mol. The summed E-state index contributed by atoms with van der Waals surface area (Å²) >= 11 is 0. The second-order valence-electron chi connectivity index (χ2n) is 6.11. The van der Waals surface area contributed by atoms with Crippen LogP contribution in [-0.2, 0) is 6.54 Å². The molecule has 126 valence electrons. The Labute approximate surface area is 141 Å². The predicted molar refractivity (Wildman–Crippen MR) is 97.4 cm³/mol. The van der Waals surface area contributed by atoms with E-state index in [1.165, 1.54) is 0 Å². The first kappa shape index (κ1) is 16.2. The van der Waals surface area contributed by atoms with Gasteiger partial charge >= 0.3 is 0 Å². The van der Waals surface area contributed by atoms with Gasteiger partial charge in [-0.25, -0.2) is 4.98 Å². The van der Waals surface area contributed by atoms with Crippen molar-refractivity contribution in [3.8, 4) is 0 Å². The first-order valence-electron chi connectivity index (χ1n) is 7.97. The Morgan fingerprint density at radius 1 is 1.17 bits per heavy atom. The first-order chi connectivity index (χ1) is 11.5. The van der Waals surface area contributed by atoms with E-state index in [9.17, 15) is 0 Å². The molecule has 0 radical (unpaired) electrons. The largest absolute Gasteiger partial charge is 0.384 e. The molecule has 2 N–H and O–H groups in total. The summed E-state index contributed by atoms with van der Waals surface area (Å²) in [6.07, 6.45) is 4.63. The molecule has 0 aliphatic rings. The quantitative estimate of drug-likeness (QED) is 0.748. The number of benzene rings is 1. The molecule has 0 aliphatic carbocycles. The lowest BCUT2D eigenvalue weighted by Crippen LogP contribution is -2.15. The van der Waals surface area contributed by atoms with Gasteiger partial charge in [0.05, 0.1) is 11.7 Å². The maximum atomic E-state index is 5.76. The Hall–Kier alpha value is -2.67. The van der Waals surface area contributed by atoms with Crippen LogP contribution in [0.15, 0.2) is 36.7 Å². The maximum absolute atomic E-state index is 5.76. The molecule has 0 saturated carbocycles. The van der Waals surface area contributed by atoms with Crippen LogP contribution in [0.25, 0.3) is 10.9 Å². The molecule has 0 fully saturated rings. The number of hydrogen-bond donors (Lipinski definition) is 1. The number of nitrogens with two attached hydrogens (primary N) is 1. The Kier molecular flexibility index (Phi) is 4.61. The normalized spacial score (nSPS) is 11.3. The van der Waals surface area contributed by atoms with E-state index in [1.54, 1.807) is 12.3 Å². The molecule has 0 atom stereocenters. The van der Waals surface area contributed by atoms with E-state index >= 15 is 0 Å². The Balaban J connectivity index is 1.87. The van der Waals surface area contributed by atoms with E-state index in [0.29, 0.717) is 11.8 Å². The van der Waals surface area contributed by atoms with Gasteiger partial charge in [0.15, 0.2) is 0 Å². The van der Waals surface area contributed by atoms with Crippen LogP contribution in [0.3, 0.4) is 0 Å². The SMILES string of the molecule is CN(C)CCCn1ncc2ccc(N(C)c3nccc(N)n3)cc21. The Morgan fingerprint density at radius 3 is 2.75 bits per heavy atom. The number of anilines is 3. The van der Waals surface area contributed by atoms with E-state index in [2.05, 4.69) is 50.9 Å². The van der Waals surface area contributed by atoms with Gasteiger partial charge in [-0.1, -0.05) is 0 Å². The van der Waals surface area contributed by atoms with Crippen LogP contribution in [0.4, 0.5) is 17.5 Å². The molecule has 3 rings (SSSR count). The standard InChI is InChI=1S/C17H23N7/c1-22(2)9-4-10-24-15-11-14(6-5-13(15)12-20-24)23(3)17-19-8-7-16(18)21-17/h5-8,11-12H,4,9-10H2,1-3H3,(H2,18,19,21). The molecular formula is C17H23N7. The molecule has 0 saturated heterocycles. The van der Waals surface area contributed by atoms with Crippen molar-refractivity contribution >= 4 is 28.4 Å². The molecule has 24 heavy (non-hydrogen) atoms. The van der Waals surface area contributed by atoms with Crippen molar-refractivity contribution in [1.82, 2.24) is 24.6 Å².